The summed E-state index contributed by atoms with van der Waals surface area (Å²) in [5.41, 5.74) is 1.77. The molecule has 25 heavy (non-hydrogen) atoms. The van der Waals surface area contributed by atoms with Crippen LogP contribution in [0.3, 0.4) is 0 Å². The number of likely N-dealkylation sites (tertiary alicyclic amines) is 1. The third-order valence-electron chi connectivity index (χ3n) is 5.42. The summed E-state index contributed by atoms with van der Waals surface area (Å²) in [6.45, 7) is 3.94. The van der Waals surface area contributed by atoms with Gasteiger partial charge in [0.25, 0.3) is 0 Å². The van der Waals surface area contributed by atoms with Crippen LogP contribution in [0.15, 0.2) is 59.5 Å². The Kier molecular flexibility index (Phi) is 3.96. The quantitative estimate of drug-likeness (QED) is 0.902. The first-order valence-corrected chi connectivity index (χ1v) is 9.90. The Morgan fingerprint density at radius 3 is 2.32 bits per heavy atom. The van der Waals surface area contributed by atoms with Crippen molar-refractivity contribution in [3.63, 3.8) is 0 Å². The fraction of sp³-hybridized carbons (Fsp3) is 0.368. The molecule has 2 fully saturated rings. The average Bonchev–Trinajstić information content (AvgIpc) is 2.54. The number of aryl methyl sites for hydroxylation is 1. The monoisotopic (exact) mass is 358 g/mol. The molecule has 1 spiro atoms. The van der Waals surface area contributed by atoms with Gasteiger partial charge >= 0.3 is 0 Å². The van der Waals surface area contributed by atoms with Crippen LogP contribution in [0.4, 0.5) is 0 Å². The van der Waals surface area contributed by atoms with E-state index in [9.17, 15) is 13.5 Å². The number of aliphatic hydroxyl groups is 1. The van der Waals surface area contributed by atoms with Crippen molar-refractivity contribution in [2.75, 3.05) is 19.6 Å². The number of β-amino-alcohol motifs (C(OH)–C–C–N with tert-alkyl or cyclic N) is 1. The van der Waals surface area contributed by atoms with Gasteiger partial charge in [0.15, 0.2) is 0 Å². The summed E-state index contributed by atoms with van der Waals surface area (Å²) in [6, 6.07) is 17.0. The first-order valence-electron chi connectivity index (χ1n) is 8.46. The fourth-order valence-corrected chi connectivity index (χ4v) is 5.25. The van der Waals surface area contributed by atoms with E-state index in [-0.39, 0.29) is 0 Å². The SMILES string of the molecule is Cc1ccc(S(=O)(=O)N2CC3(C2)[C@@H](O)CN3Cc2ccccc2)cc1. The molecule has 0 bridgehead atoms. The molecule has 0 unspecified atom stereocenters. The predicted molar refractivity (Wildman–Crippen MR) is 95.5 cm³/mol. The maximum atomic E-state index is 12.8. The number of hydrogen-bond acceptors (Lipinski definition) is 4. The Morgan fingerprint density at radius 2 is 1.72 bits per heavy atom. The Morgan fingerprint density at radius 1 is 1.08 bits per heavy atom. The molecule has 5 nitrogen and oxygen atoms in total. The zero-order valence-electron chi connectivity index (χ0n) is 14.2. The van der Waals surface area contributed by atoms with Gasteiger partial charge in [0.1, 0.15) is 0 Å². The Bertz CT molecular complexity index is 859. The van der Waals surface area contributed by atoms with E-state index < -0.39 is 21.7 Å². The van der Waals surface area contributed by atoms with Gasteiger partial charge in [0.2, 0.25) is 10.0 Å². The van der Waals surface area contributed by atoms with Crippen molar-refractivity contribution in [3.8, 4) is 0 Å². The summed E-state index contributed by atoms with van der Waals surface area (Å²) < 4.78 is 27.0. The minimum Gasteiger partial charge on any atom is -0.390 e. The second-order valence-electron chi connectivity index (χ2n) is 7.07. The van der Waals surface area contributed by atoms with Crippen LogP contribution in [-0.2, 0) is 16.6 Å². The normalized spacial score (nSPS) is 23.2. The van der Waals surface area contributed by atoms with E-state index in [0.717, 1.165) is 12.1 Å². The molecule has 132 valence electrons. The van der Waals surface area contributed by atoms with Gasteiger partial charge in [-0.05, 0) is 24.6 Å². The minimum atomic E-state index is -3.49. The second-order valence-corrected chi connectivity index (χ2v) is 9.01. The number of sulfonamides is 1. The smallest absolute Gasteiger partial charge is 0.243 e. The van der Waals surface area contributed by atoms with Crippen LogP contribution in [0.5, 0.6) is 0 Å². The van der Waals surface area contributed by atoms with E-state index >= 15 is 0 Å². The molecular weight excluding hydrogens is 336 g/mol. The van der Waals surface area contributed by atoms with Crippen molar-refractivity contribution < 1.29 is 13.5 Å². The van der Waals surface area contributed by atoms with Gasteiger partial charge in [-0.2, -0.15) is 4.31 Å². The maximum Gasteiger partial charge on any atom is 0.243 e. The summed E-state index contributed by atoms with van der Waals surface area (Å²) in [7, 11) is -3.49. The van der Waals surface area contributed by atoms with E-state index in [0.29, 0.717) is 24.5 Å². The highest BCUT2D eigenvalue weighted by atomic mass is 32.2. The van der Waals surface area contributed by atoms with Gasteiger partial charge < -0.3 is 5.11 Å². The lowest BCUT2D eigenvalue weighted by atomic mass is 9.76. The van der Waals surface area contributed by atoms with Crippen LogP contribution >= 0.6 is 0 Å². The highest BCUT2D eigenvalue weighted by Gasteiger charge is 2.62. The van der Waals surface area contributed by atoms with E-state index in [1.807, 2.05) is 37.3 Å². The molecular formula is C19H22N2O3S. The average molecular weight is 358 g/mol. The summed E-state index contributed by atoms with van der Waals surface area (Å²) in [5, 5.41) is 10.3. The molecule has 2 aliphatic rings. The Balaban J connectivity index is 1.48. The zero-order chi connectivity index (χ0) is 17.7. The molecule has 2 saturated heterocycles. The molecule has 2 aromatic rings. The van der Waals surface area contributed by atoms with Crippen LogP contribution < -0.4 is 0 Å². The molecule has 2 aromatic carbocycles. The van der Waals surface area contributed by atoms with Crippen molar-refractivity contribution in [2.24, 2.45) is 0 Å². The van der Waals surface area contributed by atoms with Crippen molar-refractivity contribution in [2.45, 2.75) is 30.0 Å². The molecule has 2 aliphatic heterocycles. The molecule has 0 radical (unpaired) electrons. The first kappa shape index (κ1) is 16.7. The summed E-state index contributed by atoms with van der Waals surface area (Å²) in [5.74, 6) is 0. The molecule has 1 atom stereocenters. The van der Waals surface area contributed by atoms with E-state index in [4.69, 9.17) is 0 Å². The van der Waals surface area contributed by atoms with E-state index in [1.54, 1.807) is 12.1 Å². The topological polar surface area (TPSA) is 60.9 Å². The number of nitrogens with zero attached hydrogens (tertiary/aromatic N) is 2. The Hall–Kier alpha value is -1.73. The maximum absolute atomic E-state index is 12.8. The molecule has 0 aromatic heterocycles. The molecule has 2 heterocycles. The lowest BCUT2D eigenvalue weighted by Gasteiger charge is -2.64. The van der Waals surface area contributed by atoms with E-state index in [1.165, 1.54) is 9.87 Å². The largest absolute Gasteiger partial charge is 0.390 e. The number of hydrogen-bond donors (Lipinski definition) is 1. The molecule has 1 N–H and O–H groups in total. The van der Waals surface area contributed by atoms with Crippen molar-refractivity contribution in [3.05, 3.63) is 65.7 Å². The fourth-order valence-electron chi connectivity index (χ4n) is 3.69. The van der Waals surface area contributed by atoms with E-state index in [2.05, 4.69) is 17.0 Å². The summed E-state index contributed by atoms with van der Waals surface area (Å²) in [6.07, 6.45) is -0.472. The van der Waals surface area contributed by atoms with Crippen LogP contribution in [0.2, 0.25) is 0 Å². The van der Waals surface area contributed by atoms with Crippen molar-refractivity contribution in [1.29, 1.82) is 0 Å². The van der Waals surface area contributed by atoms with Gasteiger partial charge in [-0.3, -0.25) is 4.90 Å². The first-order chi connectivity index (χ1) is 11.9. The number of aliphatic hydroxyl groups excluding tert-OH is 1. The van der Waals surface area contributed by atoms with Crippen LogP contribution in [-0.4, -0.2) is 54.0 Å². The van der Waals surface area contributed by atoms with Gasteiger partial charge in [0.05, 0.1) is 16.5 Å². The van der Waals surface area contributed by atoms with Crippen molar-refractivity contribution >= 4 is 10.0 Å². The van der Waals surface area contributed by atoms with Gasteiger partial charge in [-0.1, -0.05) is 48.0 Å². The van der Waals surface area contributed by atoms with Gasteiger partial charge in [-0.15, -0.1) is 0 Å². The summed E-state index contributed by atoms with van der Waals surface area (Å²) >= 11 is 0. The molecule has 4 rings (SSSR count). The summed E-state index contributed by atoms with van der Waals surface area (Å²) in [4.78, 5) is 2.50. The highest BCUT2D eigenvalue weighted by Crippen LogP contribution is 2.42. The molecule has 6 heteroatoms. The lowest BCUT2D eigenvalue weighted by Crippen LogP contribution is -2.84. The molecule has 0 amide bonds. The zero-order valence-corrected chi connectivity index (χ0v) is 15.0. The van der Waals surface area contributed by atoms with Gasteiger partial charge in [0, 0.05) is 26.2 Å². The second kappa shape index (κ2) is 5.92. The predicted octanol–water partition coefficient (Wildman–Crippen LogP) is 1.61. The third kappa shape index (κ3) is 2.69. The lowest BCUT2D eigenvalue weighted by molar-refractivity contribution is -0.190. The van der Waals surface area contributed by atoms with Crippen LogP contribution in [0, 0.1) is 6.92 Å². The Labute approximate surface area is 148 Å². The number of benzene rings is 2. The molecule has 0 saturated carbocycles. The standard InChI is InChI=1S/C19H22N2O3S/c1-15-7-9-17(10-8-15)25(23,24)21-13-19(14-21)18(22)12-20(19)11-16-5-3-2-4-6-16/h2-10,18,22H,11-14H2,1H3/t18-/m0/s1. The highest BCUT2D eigenvalue weighted by molar-refractivity contribution is 7.89. The van der Waals surface area contributed by atoms with Crippen molar-refractivity contribution in [1.82, 2.24) is 9.21 Å². The number of rotatable bonds is 4. The van der Waals surface area contributed by atoms with Crippen LogP contribution in [0.25, 0.3) is 0 Å². The van der Waals surface area contributed by atoms with Gasteiger partial charge in [-0.25, -0.2) is 8.42 Å². The molecule has 0 aliphatic carbocycles. The minimum absolute atomic E-state index is 0.316. The third-order valence-corrected chi connectivity index (χ3v) is 7.22. The van der Waals surface area contributed by atoms with Crippen LogP contribution in [0.1, 0.15) is 11.1 Å².